The maximum atomic E-state index is 13.1. The molecule has 3 nitrogen and oxygen atoms in total. The molecule has 20 heavy (non-hydrogen) atoms. The zero-order chi connectivity index (χ0) is 14.6. The van der Waals surface area contributed by atoms with E-state index in [1.807, 2.05) is 25.1 Å². The summed E-state index contributed by atoms with van der Waals surface area (Å²) in [5, 5.41) is 0.487. The smallest absolute Gasteiger partial charge is 0.316 e. The molecule has 0 aliphatic carbocycles. The van der Waals surface area contributed by atoms with Crippen molar-refractivity contribution in [2.45, 2.75) is 18.7 Å². The van der Waals surface area contributed by atoms with Gasteiger partial charge in [0.05, 0.1) is 6.61 Å². The fraction of sp³-hybridized carbons (Fsp3) is 0.200. The summed E-state index contributed by atoms with van der Waals surface area (Å²) < 4.78 is 31.2. The van der Waals surface area contributed by atoms with E-state index in [0.717, 1.165) is 5.56 Å². The van der Waals surface area contributed by atoms with Crippen molar-refractivity contribution in [3.8, 4) is 0 Å². The Bertz CT molecular complexity index is 638. The minimum Gasteiger partial charge on any atom is -0.316 e. The van der Waals surface area contributed by atoms with Gasteiger partial charge in [0.25, 0.3) is 0 Å². The molecule has 0 spiro atoms. The van der Waals surface area contributed by atoms with Gasteiger partial charge < -0.3 is 4.52 Å². The zero-order valence-electron chi connectivity index (χ0n) is 11.5. The molecule has 0 saturated heterocycles. The van der Waals surface area contributed by atoms with Crippen LogP contribution < -0.4 is 5.30 Å². The first-order valence-electron chi connectivity index (χ1n) is 6.37. The quantitative estimate of drug-likeness (QED) is 0.792. The highest BCUT2D eigenvalue weighted by Crippen LogP contribution is 2.52. The Morgan fingerprint density at radius 3 is 2.20 bits per heavy atom. The fourth-order valence-corrected chi connectivity index (χ4v) is 6.49. The summed E-state index contributed by atoms with van der Waals surface area (Å²) in [6, 6.07) is 15.9. The van der Waals surface area contributed by atoms with E-state index in [4.69, 9.17) is 4.52 Å². The highest BCUT2D eigenvalue weighted by molar-refractivity contribution is 8.49. The number of hydrogen-bond donors (Lipinski definition) is 0. The molecular weight excluding hydrogens is 291 g/mol. The van der Waals surface area contributed by atoms with Gasteiger partial charge in [-0.3, -0.25) is 4.57 Å². The minimum absolute atomic E-state index is 0.254. The Balaban J connectivity index is 2.45. The molecule has 0 aliphatic rings. The van der Waals surface area contributed by atoms with Crippen molar-refractivity contribution < 1.29 is 13.3 Å². The molecule has 2 aromatic carbocycles. The van der Waals surface area contributed by atoms with E-state index in [2.05, 4.69) is 0 Å². The van der Waals surface area contributed by atoms with Crippen LogP contribution in [-0.2, 0) is 19.5 Å². The van der Waals surface area contributed by atoms with E-state index in [0.29, 0.717) is 10.2 Å². The first-order chi connectivity index (χ1) is 9.58. The van der Waals surface area contributed by atoms with Crippen molar-refractivity contribution in [3.63, 3.8) is 0 Å². The van der Waals surface area contributed by atoms with Crippen LogP contribution in [0.15, 0.2) is 59.5 Å². The van der Waals surface area contributed by atoms with Gasteiger partial charge in [0.15, 0.2) is 0 Å². The largest absolute Gasteiger partial charge is 0.320 e. The molecule has 0 fully saturated rings. The molecule has 0 heterocycles. The maximum absolute atomic E-state index is 13.1. The maximum Gasteiger partial charge on any atom is 0.320 e. The minimum atomic E-state index is -3.43. The molecule has 0 aliphatic heterocycles. The average Bonchev–Trinajstić information content (AvgIpc) is 2.48. The van der Waals surface area contributed by atoms with Crippen LogP contribution in [0, 0.1) is 6.92 Å². The van der Waals surface area contributed by atoms with Crippen LogP contribution in [0.4, 0.5) is 0 Å². The average molecular weight is 308 g/mol. The second kappa shape index (κ2) is 6.49. The van der Waals surface area contributed by atoms with Crippen LogP contribution in [0.2, 0.25) is 0 Å². The van der Waals surface area contributed by atoms with Crippen LogP contribution in [0.1, 0.15) is 12.5 Å². The van der Waals surface area contributed by atoms with Gasteiger partial charge in [-0.2, -0.15) is 0 Å². The third kappa shape index (κ3) is 3.09. The first kappa shape index (κ1) is 15.2. The van der Waals surface area contributed by atoms with E-state index in [1.54, 1.807) is 43.3 Å². The lowest BCUT2D eigenvalue weighted by atomic mass is 10.2. The molecule has 0 saturated carbocycles. The fourth-order valence-electron chi connectivity index (χ4n) is 1.79. The molecule has 2 atom stereocenters. The third-order valence-corrected chi connectivity index (χ3v) is 8.34. The predicted octanol–water partition coefficient (Wildman–Crippen LogP) is 3.66. The molecule has 0 N–H and O–H groups in total. The van der Waals surface area contributed by atoms with Crippen molar-refractivity contribution in [2.75, 3.05) is 6.61 Å². The molecule has 106 valence electrons. The van der Waals surface area contributed by atoms with Crippen molar-refractivity contribution in [2.24, 2.45) is 0 Å². The molecule has 5 heteroatoms. The van der Waals surface area contributed by atoms with Gasteiger partial charge >= 0.3 is 6.57 Å². The predicted molar refractivity (Wildman–Crippen MR) is 82.9 cm³/mol. The summed E-state index contributed by atoms with van der Waals surface area (Å²) in [6.07, 6.45) is 0. The Morgan fingerprint density at radius 2 is 1.65 bits per heavy atom. The monoisotopic (exact) mass is 308 g/mol. The van der Waals surface area contributed by atoms with E-state index in [9.17, 15) is 8.77 Å². The highest BCUT2D eigenvalue weighted by Gasteiger charge is 2.34. The highest BCUT2D eigenvalue weighted by atomic mass is 32.8. The summed E-state index contributed by atoms with van der Waals surface area (Å²) in [4.78, 5) is 0.524. The molecule has 0 aromatic heterocycles. The number of aryl methyl sites for hydroxylation is 1. The normalized spacial score (nSPS) is 15.5. The lowest BCUT2D eigenvalue weighted by Crippen LogP contribution is -2.11. The van der Waals surface area contributed by atoms with Crippen LogP contribution >= 0.6 is 6.57 Å². The molecular formula is C15H17O3PS. The van der Waals surface area contributed by atoms with E-state index in [-0.39, 0.29) is 6.61 Å². The Labute approximate surface area is 121 Å². The molecule has 0 radical (unpaired) electrons. The van der Waals surface area contributed by atoms with E-state index >= 15 is 0 Å². The summed E-state index contributed by atoms with van der Waals surface area (Å²) >= 11 is 0. The SMILES string of the molecule is CCOP(=O)(c1ccccc1)S(=O)c1ccc(C)cc1. The van der Waals surface area contributed by atoms with E-state index in [1.165, 1.54) is 0 Å². The van der Waals surface area contributed by atoms with Crippen molar-refractivity contribution >= 4 is 22.3 Å². The Kier molecular flexibility index (Phi) is 4.92. The van der Waals surface area contributed by atoms with Crippen LogP contribution in [-0.4, -0.2) is 10.8 Å². The summed E-state index contributed by atoms with van der Waals surface area (Å²) in [7, 11) is -1.71. The second-order valence-electron chi connectivity index (χ2n) is 4.31. The number of benzene rings is 2. The van der Waals surface area contributed by atoms with Crippen molar-refractivity contribution in [3.05, 3.63) is 60.2 Å². The van der Waals surface area contributed by atoms with Gasteiger partial charge in [-0.15, -0.1) is 0 Å². The van der Waals surface area contributed by atoms with Crippen LogP contribution in [0.5, 0.6) is 0 Å². The Morgan fingerprint density at radius 1 is 1.05 bits per heavy atom. The zero-order valence-corrected chi connectivity index (χ0v) is 13.2. The standard InChI is InChI=1S/C15H17O3PS/c1-3-18-19(16,14-7-5-4-6-8-14)20(17)15-11-9-13(2)10-12-15/h4-12H,3H2,1-2H3. The molecule has 2 unspecified atom stereocenters. The van der Waals surface area contributed by atoms with Gasteiger partial charge in [0.1, 0.15) is 10.4 Å². The number of rotatable bonds is 5. The van der Waals surface area contributed by atoms with Crippen LogP contribution in [0.3, 0.4) is 0 Å². The molecule has 0 bridgehead atoms. The lowest BCUT2D eigenvalue weighted by molar-refractivity contribution is 0.351. The van der Waals surface area contributed by atoms with Gasteiger partial charge in [-0.05, 0) is 38.1 Å². The van der Waals surface area contributed by atoms with Crippen molar-refractivity contribution in [1.82, 2.24) is 0 Å². The third-order valence-electron chi connectivity index (χ3n) is 2.81. The summed E-state index contributed by atoms with van der Waals surface area (Å²) in [6.45, 7) is 0.529. The van der Waals surface area contributed by atoms with Gasteiger partial charge in [-0.25, -0.2) is 4.21 Å². The van der Waals surface area contributed by atoms with E-state index < -0.39 is 17.0 Å². The van der Waals surface area contributed by atoms with Crippen molar-refractivity contribution in [1.29, 1.82) is 0 Å². The van der Waals surface area contributed by atoms with Crippen LogP contribution in [0.25, 0.3) is 0 Å². The topological polar surface area (TPSA) is 43.4 Å². The number of hydrogen-bond acceptors (Lipinski definition) is 3. The van der Waals surface area contributed by atoms with Gasteiger partial charge in [0.2, 0.25) is 0 Å². The van der Waals surface area contributed by atoms with Gasteiger partial charge in [-0.1, -0.05) is 35.9 Å². The first-order valence-corrected chi connectivity index (χ1v) is 9.75. The summed E-state index contributed by atoms with van der Waals surface area (Å²) in [5.41, 5.74) is 1.07. The Hall–Kier alpha value is -1.22. The van der Waals surface area contributed by atoms with Gasteiger partial charge in [0, 0.05) is 10.2 Å². The second-order valence-corrected chi connectivity index (χ2v) is 9.49. The molecule has 0 amide bonds. The summed E-state index contributed by atoms with van der Waals surface area (Å²) in [5.74, 6) is 0. The lowest BCUT2D eigenvalue weighted by Gasteiger charge is -2.17. The molecule has 2 aromatic rings. The molecule has 2 rings (SSSR count).